The molecule has 1 fully saturated rings. The molecule has 1 unspecified atom stereocenters. The van der Waals surface area contributed by atoms with Crippen LogP contribution < -0.4 is 10.2 Å². The van der Waals surface area contributed by atoms with Crippen molar-refractivity contribution < 1.29 is 24.2 Å². The van der Waals surface area contributed by atoms with Gasteiger partial charge < -0.3 is 25.0 Å². The summed E-state index contributed by atoms with van der Waals surface area (Å²) in [5.41, 5.74) is 2.09. The number of nitrogens with zero attached hydrogens (tertiary/aromatic N) is 2. The molecule has 0 aliphatic carbocycles. The number of rotatable bonds is 6. The van der Waals surface area contributed by atoms with E-state index >= 15 is 0 Å². The number of anilines is 1. The summed E-state index contributed by atoms with van der Waals surface area (Å²) in [6.45, 7) is 5.41. The van der Waals surface area contributed by atoms with Crippen molar-refractivity contribution in [2.24, 2.45) is 5.92 Å². The van der Waals surface area contributed by atoms with E-state index in [0.717, 1.165) is 17.7 Å². The molecule has 3 rings (SSSR count). The molecule has 0 spiro atoms. The van der Waals surface area contributed by atoms with Gasteiger partial charge in [0.2, 0.25) is 0 Å². The van der Waals surface area contributed by atoms with E-state index in [4.69, 9.17) is 4.74 Å². The molecule has 3 amide bonds. The Balaban J connectivity index is 1.65. The van der Waals surface area contributed by atoms with E-state index in [1.165, 1.54) is 11.0 Å². The van der Waals surface area contributed by atoms with Crippen molar-refractivity contribution in [3.63, 3.8) is 0 Å². The van der Waals surface area contributed by atoms with E-state index in [1.54, 1.807) is 11.0 Å². The van der Waals surface area contributed by atoms with E-state index in [-0.39, 0.29) is 24.4 Å². The van der Waals surface area contributed by atoms with Gasteiger partial charge in [-0.15, -0.1) is 0 Å². The molecule has 8 nitrogen and oxygen atoms in total. The predicted octanol–water partition coefficient (Wildman–Crippen LogP) is 2.43. The number of para-hydroxylation sites is 1. The fraction of sp³-hybridized carbons (Fsp3) is 0.522. The molecule has 0 aromatic heterocycles. The Morgan fingerprint density at radius 1 is 1.26 bits per heavy atom. The van der Waals surface area contributed by atoms with Gasteiger partial charge in [-0.2, -0.15) is 0 Å². The third kappa shape index (κ3) is 6.07. The summed E-state index contributed by atoms with van der Waals surface area (Å²) < 4.78 is 5.58. The Hall–Kier alpha value is -2.87. The second kappa shape index (κ2) is 10.4. The maximum Gasteiger partial charge on any atom is 0.407 e. The highest BCUT2D eigenvalue weighted by molar-refractivity contribution is 6.03. The maximum atomic E-state index is 12.8. The lowest BCUT2D eigenvalue weighted by Gasteiger charge is -2.24. The smallest absolute Gasteiger partial charge is 0.407 e. The van der Waals surface area contributed by atoms with Gasteiger partial charge in [-0.1, -0.05) is 38.1 Å². The van der Waals surface area contributed by atoms with Gasteiger partial charge in [0.05, 0.1) is 6.54 Å². The Kier molecular flexibility index (Phi) is 7.68. The van der Waals surface area contributed by atoms with Crippen molar-refractivity contribution in [1.82, 2.24) is 10.2 Å². The van der Waals surface area contributed by atoms with E-state index in [9.17, 15) is 19.5 Å². The van der Waals surface area contributed by atoms with Gasteiger partial charge in [0.15, 0.2) is 6.10 Å². The number of hydrogen-bond donors (Lipinski definition) is 2. The summed E-state index contributed by atoms with van der Waals surface area (Å²) in [5, 5.41) is 12.2. The zero-order valence-electron chi connectivity index (χ0n) is 18.1. The first kappa shape index (κ1) is 22.8. The molecule has 1 saturated heterocycles. The van der Waals surface area contributed by atoms with Crippen LogP contribution >= 0.6 is 0 Å². The van der Waals surface area contributed by atoms with Crippen LogP contribution in [0.4, 0.5) is 10.5 Å². The third-order valence-corrected chi connectivity index (χ3v) is 5.52. The minimum Gasteiger partial charge on any atom is -0.465 e. The molecule has 1 aromatic rings. The first-order valence-corrected chi connectivity index (χ1v) is 10.8. The minimum absolute atomic E-state index is 0.00275. The molecule has 0 radical (unpaired) electrons. The Labute approximate surface area is 182 Å². The van der Waals surface area contributed by atoms with Crippen molar-refractivity contribution in [3.05, 3.63) is 42.0 Å². The summed E-state index contributed by atoms with van der Waals surface area (Å²) >= 11 is 0. The molecule has 8 heteroatoms. The molecule has 2 heterocycles. The summed E-state index contributed by atoms with van der Waals surface area (Å²) in [5.74, 6) is -0.179. The SMILES string of the molecule is CC(C)CC(/C=C/C(=O)N1CCc2ccccc21)NC(=O)[C@@H]1CN(C(=O)O)CCCO1. The first-order valence-electron chi connectivity index (χ1n) is 10.8. The lowest BCUT2D eigenvalue weighted by Crippen LogP contribution is -2.47. The number of ether oxygens (including phenoxy) is 1. The van der Waals surface area contributed by atoms with E-state index in [0.29, 0.717) is 38.5 Å². The number of carbonyl (C=O) groups excluding carboxylic acids is 2. The van der Waals surface area contributed by atoms with Gasteiger partial charge in [-0.25, -0.2) is 4.79 Å². The van der Waals surface area contributed by atoms with Gasteiger partial charge >= 0.3 is 6.09 Å². The zero-order chi connectivity index (χ0) is 22.4. The molecule has 0 bridgehead atoms. The average Bonchev–Trinajstić information content (AvgIpc) is 2.99. The van der Waals surface area contributed by atoms with Gasteiger partial charge in [-0.3, -0.25) is 9.59 Å². The molecule has 2 N–H and O–H groups in total. The largest absolute Gasteiger partial charge is 0.465 e. The Bertz CT molecular complexity index is 838. The van der Waals surface area contributed by atoms with Gasteiger partial charge in [-0.05, 0) is 36.8 Å². The highest BCUT2D eigenvalue weighted by Crippen LogP contribution is 2.27. The van der Waals surface area contributed by atoms with Crippen molar-refractivity contribution >= 4 is 23.6 Å². The normalized spacial score (nSPS) is 19.9. The number of carbonyl (C=O) groups is 3. The van der Waals surface area contributed by atoms with Crippen LogP contribution in [0, 0.1) is 5.92 Å². The number of benzene rings is 1. The number of fused-ring (bicyclic) bond motifs is 1. The van der Waals surface area contributed by atoms with Crippen molar-refractivity contribution in [3.8, 4) is 0 Å². The highest BCUT2D eigenvalue weighted by atomic mass is 16.5. The topological polar surface area (TPSA) is 99.2 Å². The second-order valence-electron chi connectivity index (χ2n) is 8.41. The van der Waals surface area contributed by atoms with Crippen molar-refractivity contribution in [2.75, 3.05) is 31.1 Å². The predicted molar refractivity (Wildman–Crippen MR) is 117 cm³/mol. The van der Waals surface area contributed by atoms with Crippen LogP contribution in [0.25, 0.3) is 0 Å². The van der Waals surface area contributed by atoms with E-state index in [2.05, 4.69) is 5.32 Å². The number of carboxylic acid groups (broad SMARTS) is 1. The number of amides is 3. The van der Waals surface area contributed by atoms with E-state index in [1.807, 2.05) is 38.1 Å². The fourth-order valence-corrected chi connectivity index (χ4v) is 3.98. The summed E-state index contributed by atoms with van der Waals surface area (Å²) in [6.07, 6.45) is 3.38. The molecule has 168 valence electrons. The number of hydrogen-bond acceptors (Lipinski definition) is 4. The summed E-state index contributed by atoms with van der Waals surface area (Å²) in [7, 11) is 0. The van der Waals surface area contributed by atoms with Crippen LogP contribution in [-0.2, 0) is 20.7 Å². The van der Waals surface area contributed by atoms with E-state index < -0.39 is 12.2 Å². The van der Waals surface area contributed by atoms with Gasteiger partial charge in [0.25, 0.3) is 11.8 Å². The lowest BCUT2D eigenvalue weighted by molar-refractivity contribution is -0.133. The average molecular weight is 430 g/mol. The first-order chi connectivity index (χ1) is 14.8. The Morgan fingerprint density at radius 2 is 2.03 bits per heavy atom. The minimum atomic E-state index is -1.06. The monoisotopic (exact) mass is 429 g/mol. The number of nitrogens with one attached hydrogen (secondary N) is 1. The van der Waals surface area contributed by atoms with Crippen LogP contribution in [0.3, 0.4) is 0 Å². The lowest BCUT2D eigenvalue weighted by atomic mass is 10.0. The highest BCUT2D eigenvalue weighted by Gasteiger charge is 2.29. The third-order valence-electron chi connectivity index (χ3n) is 5.52. The molecular formula is C23H31N3O5. The standard InChI is InChI=1S/C23H31N3O5/c1-16(2)14-18(24-22(28)20-15-25(23(29)30)11-5-13-31-20)8-9-21(27)26-12-10-17-6-3-4-7-19(17)26/h3-4,6-9,16,18,20H,5,10-15H2,1-2H3,(H,24,28)(H,29,30)/b9-8+/t18?,20-/m0/s1. The molecule has 2 aliphatic rings. The maximum absolute atomic E-state index is 12.8. The summed E-state index contributed by atoms with van der Waals surface area (Å²) in [6, 6.07) is 7.51. The second-order valence-corrected chi connectivity index (χ2v) is 8.41. The molecule has 31 heavy (non-hydrogen) atoms. The van der Waals surface area contributed by atoms with Crippen LogP contribution in [0.5, 0.6) is 0 Å². The van der Waals surface area contributed by atoms with Gasteiger partial charge in [0, 0.05) is 37.5 Å². The summed E-state index contributed by atoms with van der Waals surface area (Å²) in [4.78, 5) is 39.8. The van der Waals surface area contributed by atoms with Crippen LogP contribution in [0.2, 0.25) is 0 Å². The fourth-order valence-electron chi connectivity index (χ4n) is 3.98. The Morgan fingerprint density at radius 3 is 2.77 bits per heavy atom. The van der Waals surface area contributed by atoms with Crippen LogP contribution in [0.15, 0.2) is 36.4 Å². The van der Waals surface area contributed by atoms with Gasteiger partial charge in [0.1, 0.15) is 0 Å². The molecular weight excluding hydrogens is 398 g/mol. The molecule has 2 aliphatic heterocycles. The zero-order valence-corrected chi connectivity index (χ0v) is 18.1. The van der Waals surface area contributed by atoms with Crippen LogP contribution in [-0.4, -0.2) is 66.3 Å². The van der Waals surface area contributed by atoms with Crippen molar-refractivity contribution in [2.45, 2.75) is 45.3 Å². The van der Waals surface area contributed by atoms with Crippen molar-refractivity contribution in [1.29, 1.82) is 0 Å². The quantitative estimate of drug-likeness (QED) is 0.677. The molecule has 1 aromatic carbocycles. The van der Waals surface area contributed by atoms with Crippen LogP contribution in [0.1, 0.15) is 32.3 Å². The molecule has 0 saturated carbocycles. The molecule has 2 atom stereocenters.